The third-order valence-electron chi connectivity index (χ3n) is 3.45. The van der Waals surface area contributed by atoms with E-state index in [0.29, 0.717) is 17.1 Å². The highest BCUT2D eigenvalue weighted by Crippen LogP contribution is 2.27. The van der Waals surface area contributed by atoms with E-state index in [2.05, 4.69) is 15.3 Å². The minimum absolute atomic E-state index is 0.0938. The smallest absolute Gasteiger partial charge is 0.253 e. The SMILES string of the molecule is CC(C)C1(C)N=C(c2ncccc2CO)NC1=O. The largest absolute Gasteiger partial charge is 0.392 e. The molecule has 1 atom stereocenters. The van der Waals surface area contributed by atoms with Crippen LogP contribution in [-0.2, 0) is 11.4 Å². The molecule has 18 heavy (non-hydrogen) atoms. The van der Waals surface area contributed by atoms with Gasteiger partial charge in [-0.25, -0.2) is 4.99 Å². The van der Waals surface area contributed by atoms with Gasteiger partial charge in [0.25, 0.3) is 5.91 Å². The summed E-state index contributed by atoms with van der Waals surface area (Å²) in [5, 5.41) is 12.0. The molecule has 1 aliphatic heterocycles. The number of aliphatic imine (C=N–C) groups is 1. The van der Waals surface area contributed by atoms with Gasteiger partial charge >= 0.3 is 0 Å². The van der Waals surface area contributed by atoms with Crippen molar-refractivity contribution in [3.8, 4) is 0 Å². The molecule has 0 aliphatic carbocycles. The van der Waals surface area contributed by atoms with Gasteiger partial charge in [0.15, 0.2) is 5.84 Å². The molecule has 0 radical (unpaired) electrons. The number of aliphatic hydroxyl groups is 1. The number of nitrogens with zero attached hydrogens (tertiary/aromatic N) is 2. The minimum atomic E-state index is -0.764. The van der Waals surface area contributed by atoms with Crippen molar-refractivity contribution in [1.29, 1.82) is 0 Å². The van der Waals surface area contributed by atoms with E-state index < -0.39 is 5.54 Å². The molecule has 1 amide bonds. The molecule has 0 saturated carbocycles. The number of pyridine rings is 1. The number of aromatic nitrogens is 1. The van der Waals surface area contributed by atoms with Gasteiger partial charge in [-0.1, -0.05) is 19.9 Å². The van der Waals surface area contributed by atoms with E-state index in [1.54, 1.807) is 18.3 Å². The van der Waals surface area contributed by atoms with Crippen LogP contribution in [0.25, 0.3) is 0 Å². The molecule has 2 rings (SSSR count). The first-order chi connectivity index (χ1) is 8.49. The topological polar surface area (TPSA) is 74.6 Å². The van der Waals surface area contributed by atoms with Crippen LogP contribution >= 0.6 is 0 Å². The molecule has 2 heterocycles. The van der Waals surface area contributed by atoms with E-state index >= 15 is 0 Å². The van der Waals surface area contributed by atoms with Gasteiger partial charge in [-0.15, -0.1) is 0 Å². The molecule has 0 aromatic carbocycles. The predicted octanol–water partition coefficient (Wildman–Crippen LogP) is 0.865. The number of rotatable bonds is 3. The fraction of sp³-hybridized carbons (Fsp3) is 0.462. The Morgan fingerprint density at radius 1 is 1.50 bits per heavy atom. The Labute approximate surface area is 106 Å². The third kappa shape index (κ3) is 1.90. The maximum atomic E-state index is 12.0. The normalized spacial score (nSPS) is 23.2. The number of carbonyl (C=O) groups is 1. The van der Waals surface area contributed by atoms with Crippen molar-refractivity contribution >= 4 is 11.7 Å². The molecule has 1 aromatic heterocycles. The molecule has 0 spiro atoms. The number of aliphatic hydroxyl groups excluding tert-OH is 1. The molecule has 1 aromatic rings. The van der Waals surface area contributed by atoms with Crippen molar-refractivity contribution in [3.63, 3.8) is 0 Å². The Balaban J connectivity index is 2.45. The highest BCUT2D eigenvalue weighted by Gasteiger charge is 2.42. The molecule has 5 heteroatoms. The standard InChI is InChI=1S/C13H17N3O2/c1-8(2)13(3)12(18)15-11(16-13)10-9(7-17)5-4-6-14-10/h4-6,8,17H,7H2,1-3H3,(H,15,16,18). The highest BCUT2D eigenvalue weighted by atomic mass is 16.3. The summed E-state index contributed by atoms with van der Waals surface area (Å²) in [5.41, 5.74) is 0.432. The summed E-state index contributed by atoms with van der Waals surface area (Å²) < 4.78 is 0. The first kappa shape index (κ1) is 12.7. The molecule has 0 bridgehead atoms. The van der Waals surface area contributed by atoms with E-state index in [1.807, 2.05) is 20.8 Å². The van der Waals surface area contributed by atoms with Crippen molar-refractivity contribution in [2.45, 2.75) is 32.9 Å². The van der Waals surface area contributed by atoms with Gasteiger partial charge in [0.05, 0.1) is 6.61 Å². The lowest BCUT2D eigenvalue weighted by molar-refractivity contribution is -0.124. The van der Waals surface area contributed by atoms with Gasteiger partial charge in [-0.3, -0.25) is 9.78 Å². The van der Waals surface area contributed by atoms with Crippen LogP contribution < -0.4 is 5.32 Å². The molecule has 0 fully saturated rings. The van der Waals surface area contributed by atoms with Gasteiger partial charge in [0.1, 0.15) is 11.2 Å². The maximum absolute atomic E-state index is 12.0. The predicted molar refractivity (Wildman–Crippen MR) is 68.1 cm³/mol. The van der Waals surface area contributed by atoms with E-state index in [-0.39, 0.29) is 18.4 Å². The van der Waals surface area contributed by atoms with Crippen molar-refractivity contribution in [2.24, 2.45) is 10.9 Å². The number of amides is 1. The fourth-order valence-corrected chi connectivity index (χ4v) is 1.83. The lowest BCUT2D eigenvalue weighted by Gasteiger charge is -2.21. The molecule has 0 saturated heterocycles. The summed E-state index contributed by atoms with van der Waals surface area (Å²) >= 11 is 0. The third-order valence-corrected chi connectivity index (χ3v) is 3.45. The molecule has 1 aliphatic rings. The molecule has 2 N–H and O–H groups in total. The Hall–Kier alpha value is -1.75. The van der Waals surface area contributed by atoms with Crippen LogP contribution in [0.4, 0.5) is 0 Å². The van der Waals surface area contributed by atoms with E-state index in [0.717, 1.165) is 0 Å². The summed E-state index contributed by atoms with van der Waals surface area (Å²) in [4.78, 5) is 20.7. The van der Waals surface area contributed by atoms with Crippen molar-refractivity contribution in [3.05, 3.63) is 29.6 Å². The van der Waals surface area contributed by atoms with Crippen LogP contribution in [0.2, 0.25) is 0 Å². The number of hydrogen-bond donors (Lipinski definition) is 2. The number of carbonyl (C=O) groups excluding carboxylic acids is 1. The van der Waals surface area contributed by atoms with Crippen LogP contribution in [-0.4, -0.2) is 27.4 Å². The molecular formula is C13H17N3O2. The Morgan fingerprint density at radius 3 is 2.78 bits per heavy atom. The van der Waals surface area contributed by atoms with Crippen LogP contribution in [0.15, 0.2) is 23.3 Å². The van der Waals surface area contributed by atoms with E-state index in [4.69, 9.17) is 0 Å². The summed E-state index contributed by atoms with van der Waals surface area (Å²) in [5.74, 6) is 0.416. The molecular weight excluding hydrogens is 230 g/mol. The average Bonchev–Trinajstić information content (AvgIpc) is 2.67. The van der Waals surface area contributed by atoms with Gasteiger partial charge < -0.3 is 10.4 Å². The maximum Gasteiger partial charge on any atom is 0.253 e. The second kappa shape index (κ2) is 4.49. The zero-order valence-corrected chi connectivity index (χ0v) is 10.8. The number of amidine groups is 1. The van der Waals surface area contributed by atoms with Crippen LogP contribution in [0.1, 0.15) is 32.0 Å². The van der Waals surface area contributed by atoms with Gasteiger partial charge in [0, 0.05) is 11.8 Å². The van der Waals surface area contributed by atoms with Crippen molar-refractivity contribution in [2.75, 3.05) is 0 Å². The molecule has 5 nitrogen and oxygen atoms in total. The summed E-state index contributed by atoms with van der Waals surface area (Å²) in [6, 6.07) is 3.51. The summed E-state index contributed by atoms with van der Waals surface area (Å²) in [6.07, 6.45) is 1.62. The Morgan fingerprint density at radius 2 is 2.22 bits per heavy atom. The highest BCUT2D eigenvalue weighted by molar-refractivity contribution is 6.15. The number of hydrogen-bond acceptors (Lipinski definition) is 4. The quantitative estimate of drug-likeness (QED) is 0.832. The lowest BCUT2D eigenvalue weighted by Crippen LogP contribution is -2.41. The van der Waals surface area contributed by atoms with Crippen molar-refractivity contribution in [1.82, 2.24) is 10.3 Å². The first-order valence-corrected chi connectivity index (χ1v) is 5.95. The molecule has 96 valence electrons. The lowest BCUT2D eigenvalue weighted by atomic mass is 9.89. The number of nitrogens with one attached hydrogen (secondary N) is 1. The minimum Gasteiger partial charge on any atom is -0.392 e. The average molecular weight is 247 g/mol. The first-order valence-electron chi connectivity index (χ1n) is 5.95. The zero-order chi connectivity index (χ0) is 13.3. The Bertz CT molecular complexity index is 511. The second-order valence-electron chi connectivity index (χ2n) is 4.89. The Kier molecular flexibility index (Phi) is 3.17. The van der Waals surface area contributed by atoms with Gasteiger partial charge in [-0.2, -0.15) is 0 Å². The van der Waals surface area contributed by atoms with E-state index in [1.165, 1.54) is 0 Å². The molecule has 1 unspecified atom stereocenters. The van der Waals surface area contributed by atoms with Crippen molar-refractivity contribution < 1.29 is 9.90 Å². The fourth-order valence-electron chi connectivity index (χ4n) is 1.83. The summed E-state index contributed by atoms with van der Waals surface area (Å²) in [7, 11) is 0. The van der Waals surface area contributed by atoms with Gasteiger partial charge in [0.2, 0.25) is 0 Å². The van der Waals surface area contributed by atoms with Crippen LogP contribution in [0.5, 0.6) is 0 Å². The zero-order valence-electron chi connectivity index (χ0n) is 10.8. The second-order valence-corrected chi connectivity index (χ2v) is 4.89. The van der Waals surface area contributed by atoms with Crippen LogP contribution in [0.3, 0.4) is 0 Å². The summed E-state index contributed by atoms with van der Waals surface area (Å²) in [6.45, 7) is 5.59. The monoisotopic (exact) mass is 247 g/mol. The van der Waals surface area contributed by atoms with E-state index in [9.17, 15) is 9.90 Å². The van der Waals surface area contributed by atoms with Crippen LogP contribution in [0, 0.1) is 5.92 Å². The van der Waals surface area contributed by atoms with Gasteiger partial charge in [-0.05, 0) is 18.9 Å².